The molecule has 3 heteroatoms. The lowest BCUT2D eigenvalue weighted by atomic mass is 10.1. The Morgan fingerprint density at radius 3 is 2.69 bits per heavy atom. The highest BCUT2D eigenvalue weighted by molar-refractivity contribution is 5.77. The van der Waals surface area contributed by atoms with E-state index in [-0.39, 0.29) is 6.61 Å². The molecular weight excluding hydrogens is 168 g/mol. The number of ether oxygens (including phenoxy) is 1. The van der Waals surface area contributed by atoms with E-state index in [4.69, 9.17) is 4.74 Å². The Morgan fingerprint density at radius 1 is 1.38 bits per heavy atom. The average molecular weight is 178 g/mol. The third kappa shape index (κ3) is 2.40. The quantitative estimate of drug-likeness (QED) is 0.654. The van der Waals surface area contributed by atoms with E-state index in [1.807, 2.05) is 6.92 Å². The molecule has 0 bridgehead atoms. The van der Waals surface area contributed by atoms with Crippen molar-refractivity contribution in [1.29, 1.82) is 0 Å². The van der Waals surface area contributed by atoms with E-state index < -0.39 is 0 Å². The van der Waals surface area contributed by atoms with Gasteiger partial charge >= 0.3 is 0 Å². The second-order valence-electron chi connectivity index (χ2n) is 2.61. The normalized spacial score (nSPS) is 9.31. The Labute approximate surface area is 76.3 Å². The maximum Gasteiger partial charge on any atom is 0.157 e. The highest BCUT2D eigenvalue weighted by Gasteiger charge is 1.98. The van der Waals surface area contributed by atoms with Crippen LogP contribution >= 0.6 is 0 Å². The molecule has 0 heterocycles. The van der Waals surface area contributed by atoms with Crippen LogP contribution in [-0.2, 0) is 4.79 Å². The van der Waals surface area contributed by atoms with E-state index in [9.17, 15) is 9.59 Å². The first-order chi connectivity index (χ1) is 6.27. The predicted molar refractivity (Wildman–Crippen MR) is 48.1 cm³/mol. The standard InChI is InChI=1S/C10H10O3/c1-8-6-10(13-5-4-11)3-2-9(8)7-12/h2-4,6-7H,5H2,1H3. The number of hydrogen-bond acceptors (Lipinski definition) is 3. The van der Waals surface area contributed by atoms with Crippen LogP contribution < -0.4 is 4.74 Å². The van der Waals surface area contributed by atoms with Gasteiger partial charge < -0.3 is 4.74 Å². The SMILES string of the molecule is Cc1cc(OCC=O)ccc1C=O. The fourth-order valence-corrected chi connectivity index (χ4v) is 1.00. The van der Waals surface area contributed by atoms with E-state index in [0.29, 0.717) is 17.6 Å². The zero-order valence-corrected chi connectivity index (χ0v) is 7.32. The summed E-state index contributed by atoms with van der Waals surface area (Å²) in [6.45, 7) is 1.86. The Bertz CT molecular complexity index is 318. The third-order valence-electron chi connectivity index (χ3n) is 1.69. The molecular formula is C10H10O3. The fourth-order valence-electron chi connectivity index (χ4n) is 1.00. The minimum Gasteiger partial charge on any atom is -0.486 e. The second kappa shape index (κ2) is 4.40. The molecule has 0 unspecified atom stereocenters. The Balaban J connectivity index is 2.82. The molecule has 0 fully saturated rings. The van der Waals surface area contributed by atoms with Crippen molar-refractivity contribution in [3.63, 3.8) is 0 Å². The van der Waals surface area contributed by atoms with Gasteiger partial charge in [0.2, 0.25) is 0 Å². The van der Waals surface area contributed by atoms with Gasteiger partial charge in [0.15, 0.2) is 6.29 Å². The zero-order valence-electron chi connectivity index (χ0n) is 7.32. The molecule has 0 saturated heterocycles. The summed E-state index contributed by atoms with van der Waals surface area (Å²) in [7, 11) is 0. The van der Waals surface area contributed by atoms with Gasteiger partial charge in [-0.3, -0.25) is 9.59 Å². The zero-order chi connectivity index (χ0) is 9.68. The van der Waals surface area contributed by atoms with Crippen molar-refractivity contribution >= 4 is 12.6 Å². The van der Waals surface area contributed by atoms with Crippen LogP contribution in [0.25, 0.3) is 0 Å². The van der Waals surface area contributed by atoms with Gasteiger partial charge in [0.05, 0.1) is 0 Å². The molecule has 0 aliphatic carbocycles. The average Bonchev–Trinajstić information content (AvgIpc) is 2.15. The highest BCUT2D eigenvalue weighted by atomic mass is 16.5. The van der Waals surface area contributed by atoms with Crippen LogP contribution in [0.4, 0.5) is 0 Å². The molecule has 0 spiro atoms. The van der Waals surface area contributed by atoms with Crippen molar-refractivity contribution in [3.8, 4) is 5.75 Å². The van der Waals surface area contributed by atoms with Crippen LogP contribution in [0.2, 0.25) is 0 Å². The van der Waals surface area contributed by atoms with Gasteiger partial charge in [0, 0.05) is 5.56 Å². The van der Waals surface area contributed by atoms with Gasteiger partial charge in [0.25, 0.3) is 0 Å². The van der Waals surface area contributed by atoms with Gasteiger partial charge in [-0.15, -0.1) is 0 Å². The summed E-state index contributed by atoms with van der Waals surface area (Å²) in [5.41, 5.74) is 1.48. The minimum absolute atomic E-state index is 0.0415. The lowest BCUT2D eigenvalue weighted by Crippen LogP contribution is -1.98. The summed E-state index contributed by atoms with van der Waals surface area (Å²) < 4.78 is 5.05. The van der Waals surface area contributed by atoms with Crippen LogP contribution in [0.5, 0.6) is 5.75 Å². The van der Waals surface area contributed by atoms with Crippen LogP contribution in [0.1, 0.15) is 15.9 Å². The number of aryl methyl sites for hydroxylation is 1. The first kappa shape index (κ1) is 9.45. The molecule has 0 aliphatic rings. The maximum atomic E-state index is 10.5. The van der Waals surface area contributed by atoms with Crippen molar-refractivity contribution in [1.82, 2.24) is 0 Å². The Hall–Kier alpha value is -1.64. The molecule has 1 aromatic rings. The van der Waals surface area contributed by atoms with Gasteiger partial charge in [-0.25, -0.2) is 0 Å². The smallest absolute Gasteiger partial charge is 0.157 e. The predicted octanol–water partition coefficient (Wildman–Crippen LogP) is 1.39. The van der Waals surface area contributed by atoms with Gasteiger partial charge in [-0.2, -0.15) is 0 Å². The molecule has 0 radical (unpaired) electrons. The lowest BCUT2D eigenvalue weighted by Gasteiger charge is -2.04. The number of hydrogen-bond donors (Lipinski definition) is 0. The number of rotatable bonds is 4. The second-order valence-corrected chi connectivity index (χ2v) is 2.61. The van der Waals surface area contributed by atoms with E-state index in [1.54, 1.807) is 18.2 Å². The Morgan fingerprint density at radius 2 is 2.15 bits per heavy atom. The molecule has 0 amide bonds. The summed E-state index contributed by atoms with van der Waals surface area (Å²) in [5, 5.41) is 0. The summed E-state index contributed by atoms with van der Waals surface area (Å²) in [6.07, 6.45) is 1.47. The number of carbonyl (C=O) groups is 2. The number of aldehydes is 2. The van der Waals surface area contributed by atoms with E-state index in [2.05, 4.69) is 0 Å². The van der Waals surface area contributed by atoms with Gasteiger partial charge in [-0.1, -0.05) is 0 Å². The van der Waals surface area contributed by atoms with Crippen LogP contribution in [0, 0.1) is 6.92 Å². The molecule has 0 atom stereocenters. The van der Waals surface area contributed by atoms with Gasteiger partial charge in [-0.05, 0) is 30.7 Å². The lowest BCUT2D eigenvalue weighted by molar-refractivity contribution is -0.109. The first-order valence-electron chi connectivity index (χ1n) is 3.90. The van der Waals surface area contributed by atoms with Gasteiger partial charge in [0.1, 0.15) is 18.6 Å². The summed E-state index contributed by atoms with van der Waals surface area (Å²) in [5.74, 6) is 0.607. The molecule has 0 saturated carbocycles. The molecule has 13 heavy (non-hydrogen) atoms. The molecule has 0 aliphatic heterocycles. The summed E-state index contributed by atoms with van der Waals surface area (Å²) in [4.78, 5) is 20.5. The van der Waals surface area contributed by atoms with E-state index in [1.165, 1.54) is 0 Å². The first-order valence-corrected chi connectivity index (χ1v) is 3.90. The van der Waals surface area contributed by atoms with E-state index >= 15 is 0 Å². The maximum absolute atomic E-state index is 10.5. The van der Waals surface area contributed by atoms with Crippen molar-refractivity contribution in [3.05, 3.63) is 29.3 Å². The molecule has 1 rings (SSSR count). The molecule has 1 aromatic carbocycles. The van der Waals surface area contributed by atoms with Crippen molar-refractivity contribution in [2.75, 3.05) is 6.61 Å². The third-order valence-corrected chi connectivity index (χ3v) is 1.69. The fraction of sp³-hybridized carbons (Fsp3) is 0.200. The van der Waals surface area contributed by atoms with Crippen molar-refractivity contribution in [2.45, 2.75) is 6.92 Å². The Kier molecular flexibility index (Phi) is 3.20. The molecule has 0 N–H and O–H groups in total. The van der Waals surface area contributed by atoms with Crippen LogP contribution in [0.15, 0.2) is 18.2 Å². The molecule has 3 nitrogen and oxygen atoms in total. The van der Waals surface area contributed by atoms with E-state index in [0.717, 1.165) is 11.8 Å². The summed E-state index contributed by atoms with van der Waals surface area (Å²) in [6, 6.07) is 5.07. The minimum atomic E-state index is 0.0415. The monoisotopic (exact) mass is 178 g/mol. The molecule has 0 aromatic heterocycles. The highest BCUT2D eigenvalue weighted by Crippen LogP contribution is 2.15. The molecule has 68 valence electrons. The summed E-state index contributed by atoms with van der Waals surface area (Å²) >= 11 is 0. The number of benzene rings is 1. The van der Waals surface area contributed by atoms with Crippen molar-refractivity contribution < 1.29 is 14.3 Å². The van der Waals surface area contributed by atoms with Crippen LogP contribution in [0.3, 0.4) is 0 Å². The number of carbonyl (C=O) groups excluding carboxylic acids is 2. The topological polar surface area (TPSA) is 43.4 Å². The van der Waals surface area contributed by atoms with Crippen molar-refractivity contribution in [2.24, 2.45) is 0 Å². The van der Waals surface area contributed by atoms with Crippen LogP contribution in [-0.4, -0.2) is 19.2 Å². The largest absolute Gasteiger partial charge is 0.486 e.